The van der Waals surface area contributed by atoms with E-state index in [0.29, 0.717) is 35.9 Å². The molecule has 0 saturated heterocycles. The van der Waals surface area contributed by atoms with Crippen molar-refractivity contribution in [3.63, 3.8) is 0 Å². The molecule has 1 fully saturated rings. The second kappa shape index (κ2) is 10.5. The van der Waals surface area contributed by atoms with E-state index in [4.69, 9.17) is 9.47 Å². The van der Waals surface area contributed by atoms with Gasteiger partial charge in [0.15, 0.2) is 6.10 Å². The molecule has 0 aliphatic heterocycles. The van der Waals surface area contributed by atoms with Crippen molar-refractivity contribution in [1.29, 1.82) is 0 Å². The fraction of sp³-hybridized carbons (Fsp3) is 0.444. The minimum Gasteiger partial charge on any atom is -0.490 e. The number of hydrogen-bond acceptors (Lipinski definition) is 5. The molecule has 1 saturated carbocycles. The predicted molar refractivity (Wildman–Crippen MR) is 140 cm³/mol. The van der Waals surface area contributed by atoms with Crippen LogP contribution in [-0.2, 0) is 9.53 Å². The number of pyridine rings is 1. The van der Waals surface area contributed by atoms with Gasteiger partial charge in [-0.2, -0.15) is 13.2 Å². The Morgan fingerprint density at radius 3 is 2.32 bits per heavy atom. The Morgan fingerprint density at radius 2 is 1.79 bits per heavy atom. The third-order valence-corrected chi connectivity index (χ3v) is 8.50. The Kier molecular flexibility index (Phi) is 7.71. The normalized spacial score (nSPS) is 16.6. The molecule has 2 heterocycles. The molecule has 204 valence electrons. The van der Waals surface area contributed by atoms with Crippen molar-refractivity contribution in [3.8, 4) is 28.4 Å². The molecule has 0 radical (unpaired) electrons. The monoisotopic (exact) mass is 547 g/mol. The van der Waals surface area contributed by atoms with Crippen LogP contribution in [0.5, 0.6) is 5.75 Å². The molecule has 0 bridgehead atoms. The summed E-state index contributed by atoms with van der Waals surface area (Å²) in [7, 11) is -1.54. The lowest BCUT2D eigenvalue weighted by molar-refractivity contribution is -0.223. The quantitative estimate of drug-likeness (QED) is 0.258. The van der Waals surface area contributed by atoms with Crippen molar-refractivity contribution < 1.29 is 32.5 Å². The van der Waals surface area contributed by atoms with Gasteiger partial charge in [-0.1, -0.05) is 19.6 Å². The average Bonchev–Trinajstić information content (AvgIpc) is 3.53. The fourth-order valence-corrected chi connectivity index (χ4v) is 4.83. The van der Waals surface area contributed by atoms with Crippen LogP contribution in [0.25, 0.3) is 22.6 Å². The summed E-state index contributed by atoms with van der Waals surface area (Å²) in [6.07, 6.45) is -3.12. The lowest BCUT2D eigenvalue weighted by atomic mass is 10.0. The summed E-state index contributed by atoms with van der Waals surface area (Å²) in [6, 6.07) is 11.3. The van der Waals surface area contributed by atoms with Crippen LogP contribution >= 0.6 is 0 Å². The number of halogens is 3. The van der Waals surface area contributed by atoms with Gasteiger partial charge < -0.3 is 19.6 Å². The van der Waals surface area contributed by atoms with Crippen molar-refractivity contribution in [3.05, 3.63) is 54.5 Å². The minimum atomic E-state index is -4.57. The van der Waals surface area contributed by atoms with Crippen molar-refractivity contribution >= 4 is 14.0 Å². The Labute approximate surface area is 220 Å². The third-order valence-electron chi connectivity index (χ3n) is 6.79. The smallest absolute Gasteiger partial charge is 0.420 e. The zero-order valence-electron chi connectivity index (χ0n) is 21.8. The molecule has 4 rings (SSSR count). The fourth-order valence-electron chi connectivity index (χ4n) is 4.10. The van der Waals surface area contributed by atoms with Gasteiger partial charge in [0.2, 0.25) is 0 Å². The molecular weight excluding hydrogens is 515 g/mol. The minimum absolute atomic E-state index is 0.0293. The zero-order valence-corrected chi connectivity index (χ0v) is 22.8. The Hall–Kier alpha value is -3.18. The molecule has 38 heavy (non-hydrogen) atoms. The lowest BCUT2D eigenvalue weighted by Gasteiger charge is -2.21. The van der Waals surface area contributed by atoms with Crippen molar-refractivity contribution in [2.24, 2.45) is 5.41 Å². The summed E-state index contributed by atoms with van der Waals surface area (Å²) in [5.74, 6) is 0.00475. The highest BCUT2D eigenvalue weighted by atomic mass is 28.3. The first-order valence-corrected chi connectivity index (χ1v) is 16.2. The van der Waals surface area contributed by atoms with Crippen LogP contribution in [0.4, 0.5) is 13.2 Å². The molecule has 3 aromatic rings. The first-order chi connectivity index (χ1) is 17.8. The number of H-pyrrole nitrogens is 1. The van der Waals surface area contributed by atoms with Gasteiger partial charge in [-0.25, -0.2) is 4.98 Å². The van der Waals surface area contributed by atoms with Crippen LogP contribution in [0, 0.1) is 5.41 Å². The molecule has 0 spiro atoms. The molecular formula is C27H32F3N3O4Si. The maximum absolute atomic E-state index is 13.7. The first-order valence-electron chi connectivity index (χ1n) is 12.5. The maximum atomic E-state index is 13.7. The number of aromatic amines is 1. The number of carboxylic acids is 1. The Balaban J connectivity index is 1.42. The van der Waals surface area contributed by atoms with Gasteiger partial charge in [0.25, 0.3) is 0 Å². The average molecular weight is 548 g/mol. The summed E-state index contributed by atoms with van der Waals surface area (Å²) >= 11 is 0. The highest BCUT2D eigenvalue weighted by molar-refractivity contribution is 6.76. The number of nitrogens with one attached hydrogen (secondary N) is 1. The highest BCUT2D eigenvalue weighted by Gasteiger charge is 2.56. The van der Waals surface area contributed by atoms with E-state index in [1.54, 1.807) is 37.4 Å². The first kappa shape index (κ1) is 27.8. The standard InChI is InChI=1S/C27H32F3N3O4Si/c1-17(26(11-12-26)25(34)35)37-20-8-5-18(6-9-20)21-10-7-19(15-31-21)24-32-16-22(33-24)23(27(28,29)30)36-13-14-38(2,3)4/h5-10,15-17,23H,11-14H2,1-4H3,(H,32,33)(H,34,35). The predicted octanol–water partition coefficient (Wildman–Crippen LogP) is 6.73. The molecule has 1 aromatic carbocycles. The van der Waals surface area contributed by atoms with Crippen molar-refractivity contribution in [1.82, 2.24) is 15.0 Å². The van der Waals surface area contributed by atoms with Crippen LogP contribution in [-0.4, -0.2) is 53.0 Å². The topological polar surface area (TPSA) is 97.3 Å². The SMILES string of the molecule is CC(Oc1ccc(-c2ccc(-c3nc(C(OCC[Si](C)(C)C)C(F)(F)F)c[nH]3)cn2)cc1)C1(C(=O)O)CC1. The second-order valence-electron chi connectivity index (χ2n) is 11.0. The molecule has 1 aliphatic carbocycles. The molecule has 1 aliphatic rings. The zero-order chi connectivity index (χ0) is 27.7. The number of ether oxygens (including phenoxy) is 2. The van der Waals surface area contributed by atoms with Crippen LogP contribution < -0.4 is 4.74 Å². The number of carboxylic acid groups (broad SMARTS) is 1. The van der Waals surface area contributed by atoms with E-state index in [1.807, 2.05) is 12.1 Å². The van der Waals surface area contributed by atoms with E-state index < -0.39 is 37.8 Å². The number of benzene rings is 1. The van der Waals surface area contributed by atoms with Gasteiger partial charge in [-0.15, -0.1) is 0 Å². The van der Waals surface area contributed by atoms with Gasteiger partial charge in [-0.3, -0.25) is 9.78 Å². The van der Waals surface area contributed by atoms with Crippen LogP contribution in [0.1, 0.15) is 31.6 Å². The molecule has 2 aromatic heterocycles. The van der Waals surface area contributed by atoms with Gasteiger partial charge in [0.1, 0.15) is 23.1 Å². The molecule has 2 atom stereocenters. The number of alkyl halides is 3. The third kappa shape index (κ3) is 6.44. The summed E-state index contributed by atoms with van der Waals surface area (Å²) in [5, 5.41) is 9.42. The molecule has 2 N–H and O–H groups in total. The number of rotatable bonds is 11. The number of imidazole rings is 1. The number of carbonyl (C=O) groups is 1. The molecule has 0 amide bonds. The van der Waals surface area contributed by atoms with Gasteiger partial charge in [0.05, 0.1) is 11.4 Å². The second-order valence-corrected chi connectivity index (χ2v) is 16.6. The maximum Gasteiger partial charge on any atom is 0.420 e. The lowest BCUT2D eigenvalue weighted by Crippen LogP contribution is -2.32. The summed E-state index contributed by atoms with van der Waals surface area (Å²) in [5.41, 5.74) is 0.992. The van der Waals surface area contributed by atoms with E-state index in [9.17, 15) is 23.1 Å². The van der Waals surface area contributed by atoms with E-state index in [2.05, 4.69) is 34.6 Å². The van der Waals surface area contributed by atoms with Gasteiger partial charge >= 0.3 is 12.1 Å². The summed E-state index contributed by atoms with van der Waals surface area (Å²) < 4.78 is 52.1. The van der Waals surface area contributed by atoms with Crippen molar-refractivity contribution in [2.75, 3.05) is 6.61 Å². The molecule has 11 heteroatoms. The number of aliphatic carboxylic acids is 1. The van der Waals surface area contributed by atoms with E-state index >= 15 is 0 Å². The van der Waals surface area contributed by atoms with Crippen LogP contribution in [0.3, 0.4) is 0 Å². The molecule has 2 unspecified atom stereocenters. The highest BCUT2D eigenvalue weighted by Crippen LogP contribution is 2.50. The summed E-state index contributed by atoms with van der Waals surface area (Å²) in [4.78, 5) is 22.9. The number of aromatic nitrogens is 3. The van der Waals surface area contributed by atoms with Crippen LogP contribution in [0.2, 0.25) is 25.7 Å². The van der Waals surface area contributed by atoms with E-state index in [1.165, 1.54) is 6.20 Å². The van der Waals surface area contributed by atoms with Gasteiger partial charge in [0, 0.05) is 38.2 Å². The Morgan fingerprint density at radius 1 is 1.13 bits per heavy atom. The largest absolute Gasteiger partial charge is 0.490 e. The number of nitrogens with zero attached hydrogens (tertiary/aromatic N) is 2. The Bertz CT molecular complexity index is 1250. The van der Waals surface area contributed by atoms with Crippen molar-refractivity contribution in [2.45, 2.75) is 63.8 Å². The molecule has 7 nitrogen and oxygen atoms in total. The summed E-state index contributed by atoms with van der Waals surface area (Å²) in [6.45, 7) is 8.04. The van der Waals surface area contributed by atoms with E-state index in [-0.39, 0.29) is 18.1 Å². The van der Waals surface area contributed by atoms with Gasteiger partial charge in [-0.05, 0) is 62.2 Å². The van der Waals surface area contributed by atoms with Crippen LogP contribution in [0.15, 0.2) is 48.8 Å². The van der Waals surface area contributed by atoms with E-state index in [0.717, 1.165) is 5.56 Å². The number of hydrogen-bond donors (Lipinski definition) is 2.